The Morgan fingerprint density at radius 3 is 2.77 bits per heavy atom. The van der Waals surface area contributed by atoms with Crippen molar-refractivity contribution in [2.24, 2.45) is 0 Å². The van der Waals surface area contributed by atoms with Crippen molar-refractivity contribution < 1.29 is 23.2 Å². The predicted octanol–water partition coefficient (Wildman–Crippen LogP) is 0.637. The van der Waals surface area contributed by atoms with E-state index in [4.69, 9.17) is 0 Å². The molecule has 0 bridgehead atoms. The van der Waals surface area contributed by atoms with Crippen LogP contribution >= 0.6 is 0 Å². The zero-order valence-corrected chi connectivity index (χ0v) is 11.6. The van der Waals surface area contributed by atoms with Gasteiger partial charge in [-0.15, -0.1) is 0 Å². The van der Waals surface area contributed by atoms with Gasteiger partial charge in [-0.1, -0.05) is 4.98 Å². The lowest BCUT2D eigenvalue weighted by atomic mass is 10.2. The first kappa shape index (κ1) is 16.6. The zero-order chi connectivity index (χ0) is 16.3. The van der Waals surface area contributed by atoms with Crippen LogP contribution in [-0.4, -0.2) is 68.1 Å². The third-order valence-corrected chi connectivity index (χ3v) is 3.36. The molecule has 0 saturated carbocycles. The molecule has 1 unspecified atom stereocenters. The quantitative estimate of drug-likeness (QED) is 0.486. The smallest absolute Gasteiger partial charge is 0.390 e. The van der Waals surface area contributed by atoms with Crippen LogP contribution in [0.25, 0.3) is 0 Å². The Bertz CT molecular complexity index is 521. The lowest BCUT2D eigenvalue weighted by Crippen LogP contribution is -2.52. The van der Waals surface area contributed by atoms with Crippen molar-refractivity contribution in [1.82, 2.24) is 19.4 Å². The van der Waals surface area contributed by atoms with E-state index in [0.29, 0.717) is 17.9 Å². The monoisotopic (exact) mass is 323 g/mol. The summed E-state index contributed by atoms with van der Waals surface area (Å²) in [5.74, 6) is -0.408. The number of aliphatic hydroxyl groups excluding tert-OH is 1. The second-order valence-corrected chi connectivity index (χ2v) is 5.09. The highest BCUT2D eigenvalue weighted by molar-refractivity contribution is 5.06. The molecule has 1 fully saturated rings. The summed E-state index contributed by atoms with van der Waals surface area (Å²) >= 11 is 0. The van der Waals surface area contributed by atoms with Crippen LogP contribution in [0.4, 0.5) is 19.1 Å². The van der Waals surface area contributed by atoms with Crippen molar-refractivity contribution in [2.45, 2.75) is 25.4 Å². The van der Waals surface area contributed by atoms with Crippen LogP contribution in [-0.2, 0) is 6.54 Å². The van der Waals surface area contributed by atoms with E-state index in [9.17, 15) is 28.4 Å². The maximum Gasteiger partial charge on any atom is 0.460 e. The van der Waals surface area contributed by atoms with Gasteiger partial charge < -0.3 is 15.2 Å². The third-order valence-electron chi connectivity index (χ3n) is 3.36. The van der Waals surface area contributed by atoms with E-state index < -0.39 is 23.3 Å². The molecule has 0 aliphatic carbocycles. The molecule has 0 radical (unpaired) electrons. The minimum Gasteiger partial charge on any atom is -0.390 e. The van der Waals surface area contributed by atoms with E-state index in [1.165, 1.54) is 17.3 Å². The predicted molar refractivity (Wildman–Crippen MR) is 68.7 cm³/mol. The van der Waals surface area contributed by atoms with Gasteiger partial charge in [0.15, 0.2) is 0 Å². The summed E-state index contributed by atoms with van der Waals surface area (Å²) in [6.45, 7) is -0.0356. The summed E-state index contributed by atoms with van der Waals surface area (Å²) in [4.78, 5) is 15.4. The maximum atomic E-state index is 12.6. The molecular formula is C11H16F3N5O3. The van der Waals surface area contributed by atoms with Crippen molar-refractivity contribution >= 4 is 5.95 Å². The number of aromatic nitrogens is 2. The molecule has 8 nitrogen and oxygen atoms in total. The van der Waals surface area contributed by atoms with E-state index in [-0.39, 0.29) is 26.3 Å². The summed E-state index contributed by atoms with van der Waals surface area (Å²) in [6.07, 6.45) is -2.50. The number of imidazole rings is 1. The molecular weight excluding hydrogens is 307 g/mol. The second-order valence-electron chi connectivity index (χ2n) is 5.09. The fraction of sp³-hybridized carbons (Fsp3) is 0.727. The number of nitrogens with zero attached hydrogens (tertiary/aromatic N) is 5. The fourth-order valence-corrected chi connectivity index (χ4v) is 2.42. The molecule has 2 rings (SSSR count). The van der Waals surface area contributed by atoms with E-state index in [1.807, 2.05) is 0 Å². The Kier molecular flexibility index (Phi) is 4.98. The SMILES string of the molecule is O=[N+]([O-])c1nccn1CC(O)CN1CCCN(C(F)(F)F)C1. The largest absolute Gasteiger partial charge is 0.460 e. The van der Waals surface area contributed by atoms with Crippen LogP contribution in [0, 0.1) is 10.1 Å². The van der Waals surface area contributed by atoms with Gasteiger partial charge in [-0.2, -0.15) is 13.2 Å². The van der Waals surface area contributed by atoms with Crippen LogP contribution in [0.15, 0.2) is 12.4 Å². The van der Waals surface area contributed by atoms with Gasteiger partial charge >= 0.3 is 12.2 Å². The molecule has 1 saturated heterocycles. The standard InChI is InChI=1S/C11H16F3N5O3/c12-11(13,14)18-4-1-3-16(8-18)6-9(20)7-17-5-2-15-10(17)19(21)22/h2,5,9,20H,1,3-4,6-8H2. The number of aliphatic hydroxyl groups is 1. The molecule has 1 atom stereocenters. The van der Waals surface area contributed by atoms with Crippen molar-refractivity contribution in [3.8, 4) is 0 Å². The van der Waals surface area contributed by atoms with E-state index in [2.05, 4.69) is 4.98 Å². The second kappa shape index (κ2) is 6.58. The lowest BCUT2D eigenvalue weighted by Gasteiger charge is -2.36. The first-order valence-electron chi connectivity index (χ1n) is 6.65. The van der Waals surface area contributed by atoms with Crippen molar-refractivity contribution in [2.75, 3.05) is 26.3 Å². The molecule has 1 aromatic rings. The lowest BCUT2D eigenvalue weighted by molar-refractivity contribution is -0.397. The summed E-state index contributed by atoms with van der Waals surface area (Å²) in [5.41, 5.74) is 0. The molecule has 22 heavy (non-hydrogen) atoms. The van der Waals surface area contributed by atoms with Crippen molar-refractivity contribution in [1.29, 1.82) is 0 Å². The van der Waals surface area contributed by atoms with E-state index in [0.717, 1.165) is 4.57 Å². The van der Waals surface area contributed by atoms with Gasteiger partial charge in [0.2, 0.25) is 0 Å². The van der Waals surface area contributed by atoms with Crippen molar-refractivity contribution in [3.63, 3.8) is 0 Å². The first-order chi connectivity index (χ1) is 10.3. The van der Waals surface area contributed by atoms with E-state index >= 15 is 0 Å². The Morgan fingerprint density at radius 1 is 1.41 bits per heavy atom. The van der Waals surface area contributed by atoms with Crippen LogP contribution in [0.3, 0.4) is 0 Å². The molecule has 0 spiro atoms. The average Bonchev–Trinajstić information content (AvgIpc) is 2.86. The van der Waals surface area contributed by atoms with Crippen LogP contribution in [0.5, 0.6) is 0 Å². The molecule has 2 heterocycles. The Morgan fingerprint density at radius 2 is 2.14 bits per heavy atom. The average molecular weight is 323 g/mol. The Balaban J connectivity index is 1.90. The van der Waals surface area contributed by atoms with Gasteiger partial charge in [0.05, 0.1) is 19.3 Å². The Hall–Kier alpha value is -1.72. The van der Waals surface area contributed by atoms with Crippen LogP contribution in [0.2, 0.25) is 0 Å². The molecule has 0 amide bonds. The normalized spacial score (nSPS) is 19.3. The number of hydrogen-bond acceptors (Lipinski definition) is 6. The van der Waals surface area contributed by atoms with Crippen LogP contribution in [0.1, 0.15) is 6.42 Å². The maximum absolute atomic E-state index is 12.6. The van der Waals surface area contributed by atoms with Gasteiger partial charge in [0.1, 0.15) is 12.4 Å². The topological polar surface area (TPSA) is 87.7 Å². The van der Waals surface area contributed by atoms with Gasteiger partial charge in [-0.3, -0.25) is 4.90 Å². The van der Waals surface area contributed by atoms with Gasteiger partial charge in [-0.25, -0.2) is 9.47 Å². The first-order valence-corrected chi connectivity index (χ1v) is 6.65. The van der Waals surface area contributed by atoms with Gasteiger partial charge in [0.25, 0.3) is 0 Å². The molecule has 1 N–H and O–H groups in total. The van der Waals surface area contributed by atoms with E-state index in [1.54, 1.807) is 0 Å². The minimum atomic E-state index is -4.40. The molecule has 1 aliphatic heterocycles. The highest BCUT2D eigenvalue weighted by atomic mass is 19.4. The molecule has 1 aromatic heterocycles. The van der Waals surface area contributed by atoms with Crippen molar-refractivity contribution in [3.05, 3.63) is 22.5 Å². The summed E-state index contributed by atoms with van der Waals surface area (Å²) in [7, 11) is 0. The number of β-amino-alcohol motifs (C(OH)–C–C–N with tert-alkyl or cyclic N) is 1. The molecule has 0 aromatic carbocycles. The number of halogens is 3. The minimum absolute atomic E-state index is 0.00190. The van der Waals surface area contributed by atoms with Gasteiger partial charge in [-0.05, 0) is 11.3 Å². The summed E-state index contributed by atoms with van der Waals surface area (Å²) in [5, 5.41) is 20.7. The summed E-state index contributed by atoms with van der Waals surface area (Å²) in [6, 6.07) is 0. The Labute approximate surface area is 123 Å². The third kappa shape index (κ3) is 4.15. The highest BCUT2D eigenvalue weighted by Crippen LogP contribution is 2.24. The summed E-state index contributed by atoms with van der Waals surface area (Å²) < 4.78 is 39.1. The number of rotatable bonds is 5. The highest BCUT2D eigenvalue weighted by Gasteiger charge is 2.39. The molecule has 124 valence electrons. The molecule has 11 heteroatoms. The number of alkyl halides is 3. The van der Waals surface area contributed by atoms with Gasteiger partial charge in [0, 0.05) is 19.6 Å². The number of hydrogen-bond donors (Lipinski definition) is 1. The number of nitro groups is 1. The molecule has 1 aliphatic rings. The zero-order valence-electron chi connectivity index (χ0n) is 11.6. The fourth-order valence-electron chi connectivity index (χ4n) is 2.42. The van der Waals surface area contributed by atoms with Crippen LogP contribution < -0.4 is 0 Å².